The maximum absolute atomic E-state index is 9.39. The maximum atomic E-state index is 9.39. The van der Waals surface area contributed by atoms with Gasteiger partial charge in [0.2, 0.25) is 0 Å². The van der Waals surface area contributed by atoms with Crippen LogP contribution in [-0.2, 0) is 0 Å². The van der Waals surface area contributed by atoms with Crippen LogP contribution in [-0.4, -0.2) is 16.2 Å². The fraction of sp³-hybridized carbons (Fsp3) is 1.00. The molecule has 0 atom stereocenters. The van der Waals surface area contributed by atoms with Crippen LogP contribution in [0.4, 0.5) is 0 Å². The molecule has 0 aromatic heterocycles. The fourth-order valence-electron chi connectivity index (χ4n) is 0.976. The van der Waals surface area contributed by atoms with Crippen LogP contribution in [0.1, 0.15) is 25.7 Å². The second-order valence-corrected chi connectivity index (χ2v) is 5.06. The van der Waals surface area contributed by atoms with E-state index in [2.05, 4.69) is 0 Å². The molecule has 1 N–H and O–H groups in total. The van der Waals surface area contributed by atoms with E-state index in [4.69, 9.17) is 0 Å². The Balaban J connectivity index is 1.84. The molecule has 2 aliphatic carbocycles. The highest BCUT2D eigenvalue weighted by atomic mass is 31.1. The Morgan fingerprint density at radius 2 is 1.38 bits per heavy atom. The molecule has 2 fully saturated rings. The first kappa shape index (κ1) is 5.20. The summed E-state index contributed by atoms with van der Waals surface area (Å²) in [6.45, 7) is 0. The zero-order valence-corrected chi connectivity index (χ0v) is 5.77. The third kappa shape index (κ3) is 0.897. The Kier molecular flexibility index (Phi) is 1.09. The van der Waals surface area contributed by atoms with Gasteiger partial charge >= 0.3 is 0 Å². The molecule has 2 aliphatic rings. The summed E-state index contributed by atoms with van der Waals surface area (Å²) in [6.07, 6.45) is 5.27. The molecule has 0 unspecified atom stereocenters. The molecule has 8 heavy (non-hydrogen) atoms. The molecule has 0 aromatic rings. The summed E-state index contributed by atoms with van der Waals surface area (Å²) in [7, 11) is -0.476. The zero-order chi connectivity index (χ0) is 5.56. The van der Waals surface area contributed by atoms with E-state index in [9.17, 15) is 4.89 Å². The molecule has 0 spiro atoms. The average molecular weight is 130 g/mol. The van der Waals surface area contributed by atoms with Crippen molar-refractivity contribution < 1.29 is 4.89 Å². The molecule has 2 rings (SSSR count). The molecule has 0 amide bonds. The van der Waals surface area contributed by atoms with E-state index in [1.807, 2.05) is 0 Å². The third-order valence-corrected chi connectivity index (χ3v) is 4.37. The lowest BCUT2D eigenvalue weighted by molar-refractivity contribution is 0.620. The van der Waals surface area contributed by atoms with Crippen LogP contribution in [0.25, 0.3) is 0 Å². The van der Waals surface area contributed by atoms with Crippen molar-refractivity contribution in [2.24, 2.45) is 0 Å². The Bertz CT molecular complexity index is 84.7. The zero-order valence-electron chi connectivity index (χ0n) is 4.88. The minimum Gasteiger partial charge on any atom is -0.373 e. The van der Waals surface area contributed by atoms with Gasteiger partial charge in [-0.3, -0.25) is 0 Å². The van der Waals surface area contributed by atoms with Crippen molar-refractivity contribution in [2.75, 3.05) is 0 Å². The standard InChI is InChI=1S/C6H11OP/c7-8(5-1-2-5)6-3-4-6/h5-7H,1-4H2. The smallest absolute Gasteiger partial charge is 0.0314 e. The quantitative estimate of drug-likeness (QED) is 0.564. The Morgan fingerprint density at radius 1 is 1.00 bits per heavy atom. The van der Waals surface area contributed by atoms with Gasteiger partial charge in [0, 0.05) is 19.5 Å². The number of hydrogen-bond donors (Lipinski definition) is 1. The summed E-state index contributed by atoms with van der Waals surface area (Å²) in [5.41, 5.74) is 1.55. The molecule has 0 aromatic carbocycles. The van der Waals surface area contributed by atoms with E-state index in [0.29, 0.717) is 0 Å². The van der Waals surface area contributed by atoms with Gasteiger partial charge in [0.1, 0.15) is 0 Å². The predicted molar refractivity (Wildman–Crippen MR) is 35.2 cm³/mol. The van der Waals surface area contributed by atoms with Gasteiger partial charge in [-0.1, -0.05) is 0 Å². The lowest BCUT2D eigenvalue weighted by Gasteiger charge is -2.03. The van der Waals surface area contributed by atoms with Gasteiger partial charge in [-0.05, 0) is 25.7 Å². The Morgan fingerprint density at radius 3 is 1.62 bits per heavy atom. The Labute approximate surface area is 50.9 Å². The van der Waals surface area contributed by atoms with E-state index in [1.165, 1.54) is 25.7 Å². The molecule has 0 heterocycles. The second-order valence-electron chi connectivity index (χ2n) is 2.84. The van der Waals surface area contributed by atoms with Crippen LogP contribution in [0.5, 0.6) is 0 Å². The minimum absolute atomic E-state index is 0.476. The largest absolute Gasteiger partial charge is 0.373 e. The molecule has 46 valence electrons. The van der Waals surface area contributed by atoms with Crippen molar-refractivity contribution in [3.8, 4) is 0 Å². The van der Waals surface area contributed by atoms with Crippen LogP contribution in [0.3, 0.4) is 0 Å². The Hall–Kier alpha value is 0.390. The first-order valence-corrected chi connectivity index (χ1v) is 4.78. The molecule has 2 saturated carbocycles. The minimum atomic E-state index is -0.476. The van der Waals surface area contributed by atoms with Crippen molar-refractivity contribution >= 4 is 8.15 Å². The van der Waals surface area contributed by atoms with Gasteiger partial charge in [0.05, 0.1) is 0 Å². The van der Waals surface area contributed by atoms with Crippen molar-refractivity contribution in [3.63, 3.8) is 0 Å². The molecule has 0 radical (unpaired) electrons. The van der Waals surface area contributed by atoms with Crippen LogP contribution < -0.4 is 0 Å². The number of rotatable bonds is 2. The predicted octanol–water partition coefficient (Wildman–Crippen LogP) is 1.70. The van der Waals surface area contributed by atoms with Gasteiger partial charge in [0.25, 0.3) is 0 Å². The molecular weight excluding hydrogens is 119 g/mol. The van der Waals surface area contributed by atoms with Gasteiger partial charge < -0.3 is 4.89 Å². The first-order chi connectivity index (χ1) is 3.88. The van der Waals surface area contributed by atoms with Gasteiger partial charge in [0.15, 0.2) is 0 Å². The number of hydrogen-bond acceptors (Lipinski definition) is 1. The van der Waals surface area contributed by atoms with Crippen molar-refractivity contribution in [1.29, 1.82) is 0 Å². The van der Waals surface area contributed by atoms with Gasteiger partial charge in [-0.2, -0.15) is 0 Å². The van der Waals surface area contributed by atoms with E-state index in [1.54, 1.807) is 0 Å². The molecule has 0 bridgehead atoms. The van der Waals surface area contributed by atoms with Crippen molar-refractivity contribution in [1.82, 2.24) is 0 Å². The molecule has 2 heteroatoms. The normalized spacial score (nSPS) is 29.2. The fourth-order valence-corrected chi connectivity index (χ4v) is 2.93. The monoisotopic (exact) mass is 130 g/mol. The highest BCUT2D eigenvalue weighted by molar-refractivity contribution is 7.53. The summed E-state index contributed by atoms with van der Waals surface area (Å²) < 4.78 is 0. The van der Waals surface area contributed by atoms with Crippen LogP contribution in [0.15, 0.2) is 0 Å². The van der Waals surface area contributed by atoms with E-state index < -0.39 is 8.15 Å². The highest BCUT2D eigenvalue weighted by Gasteiger charge is 2.40. The van der Waals surface area contributed by atoms with Crippen LogP contribution >= 0.6 is 8.15 Å². The van der Waals surface area contributed by atoms with Gasteiger partial charge in [-0.15, -0.1) is 0 Å². The lowest BCUT2D eigenvalue weighted by atomic mass is 10.9. The van der Waals surface area contributed by atoms with Crippen molar-refractivity contribution in [3.05, 3.63) is 0 Å². The SMILES string of the molecule is OP(C1CC1)C1CC1. The van der Waals surface area contributed by atoms with E-state index in [0.717, 1.165) is 11.3 Å². The summed E-state index contributed by atoms with van der Waals surface area (Å²) in [4.78, 5) is 9.39. The maximum Gasteiger partial charge on any atom is 0.0314 e. The molecule has 0 aliphatic heterocycles. The van der Waals surface area contributed by atoms with Crippen LogP contribution in [0, 0.1) is 0 Å². The molecular formula is C6H11OP. The van der Waals surface area contributed by atoms with E-state index in [-0.39, 0.29) is 0 Å². The second kappa shape index (κ2) is 1.68. The summed E-state index contributed by atoms with van der Waals surface area (Å²) in [6, 6.07) is 0. The highest BCUT2D eigenvalue weighted by Crippen LogP contribution is 2.61. The summed E-state index contributed by atoms with van der Waals surface area (Å²) in [5, 5.41) is 0. The van der Waals surface area contributed by atoms with Gasteiger partial charge in [-0.25, -0.2) is 0 Å². The topological polar surface area (TPSA) is 20.2 Å². The summed E-state index contributed by atoms with van der Waals surface area (Å²) >= 11 is 0. The van der Waals surface area contributed by atoms with E-state index >= 15 is 0 Å². The van der Waals surface area contributed by atoms with Crippen molar-refractivity contribution in [2.45, 2.75) is 37.0 Å². The lowest BCUT2D eigenvalue weighted by Crippen LogP contribution is -1.84. The molecule has 0 saturated heterocycles. The first-order valence-electron chi connectivity index (χ1n) is 3.35. The summed E-state index contributed by atoms with van der Waals surface area (Å²) in [5.74, 6) is 0. The third-order valence-electron chi connectivity index (χ3n) is 1.84. The average Bonchev–Trinajstić information content (AvgIpc) is 2.63. The molecule has 1 nitrogen and oxygen atoms in total. The van der Waals surface area contributed by atoms with Crippen LogP contribution in [0.2, 0.25) is 0 Å².